The van der Waals surface area contributed by atoms with Gasteiger partial charge >= 0.3 is 12.0 Å². The second-order valence-electron chi connectivity index (χ2n) is 6.68. The maximum atomic E-state index is 12.4. The minimum absolute atomic E-state index is 0.00691. The van der Waals surface area contributed by atoms with Gasteiger partial charge in [-0.1, -0.05) is 13.3 Å². The van der Waals surface area contributed by atoms with Crippen LogP contribution in [0.2, 0.25) is 0 Å². The van der Waals surface area contributed by atoms with E-state index < -0.39 is 5.97 Å². The molecule has 0 aromatic carbocycles. The summed E-state index contributed by atoms with van der Waals surface area (Å²) in [6.45, 7) is 3.73. The number of carboxylic acid groups (broad SMARTS) is 1. The van der Waals surface area contributed by atoms with Crippen molar-refractivity contribution in [3.63, 3.8) is 0 Å². The number of likely N-dealkylation sites (tertiary alicyclic amines) is 1. The van der Waals surface area contributed by atoms with E-state index in [0.29, 0.717) is 11.8 Å². The number of nitrogens with one attached hydrogen (secondary N) is 1. The Morgan fingerprint density at radius 2 is 2.10 bits per heavy atom. The van der Waals surface area contributed by atoms with Gasteiger partial charge in [-0.2, -0.15) is 0 Å². The van der Waals surface area contributed by atoms with Crippen LogP contribution in [-0.2, 0) is 4.79 Å². The van der Waals surface area contributed by atoms with Gasteiger partial charge in [0.15, 0.2) is 0 Å². The Hall–Kier alpha value is -1.26. The SMILES string of the molecule is CCCC1(CNC(=O)N2CCCCC2CCC(=O)O)CC1. The molecule has 2 fully saturated rings. The van der Waals surface area contributed by atoms with Crippen LogP contribution in [0, 0.1) is 5.41 Å². The van der Waals surface area contributed by atoms with Gasteiger partial charge < -0.3 is 15.3 Å². The Balaban J connectivity index is 1.82. The second-order valence-corrected chi connectivity index (χ2v) is 6.68. The first-order chi connectivity index (χ1) is 10.1. The van der Waals surface area contributed by atoms with Gasteiger partial charge in [0, 0.05) is 25.6 Å². The molecular formula is C16H28N2O3. The molecule has 1 atom stereocenters. The summed E-state index contributed by atoms with van der Waals surface area (Å²) in [5.74, 6) is -0.777. The third-order valence-electron chi connectivity index (χ3n) is 4.93. The highest BCUT2D eigenvalue weighted by molar-refractivity contribution is 5.75. The second kappa shape index (κ2) is 7.14. The van der Waals surface area contributed by atoms with Crippen LogP contribution >= 0.6 is 0 Å². The van der Waals surface area contributed by atoms with Crippen molar-refractivity contribution in [2.45, 2.75) is 70.8 Å². The molecule has 5 nitrogen and oxygen atoms in total. The fourth-order valence-electron chi connectivity index (χ4n) is 3.45. The molecule has 1 saturated carbocycles. The lowest BCUT2D eigenvalue weighted by Gasteiger charge is -2.36. The van der Waals surface area contributed by atoms with Crippen LogP contribution in [0.25, 0.3) is 0 Å². The summed E-state index contributed by atoms with van der Waals surface area (Å²) in [6, 6.07) is 0.101. The molecule has 1 saturated heterocycles. The number of rotatable bonds is 7. The van der Waals surface area contributed by atoms with Gasteiger partial charge in [-0.25, -0.2) is 4.79 Å². The molecule has 1 aliphatic carbocycles. The first-order valence-electron chi connectivity index (χ1n) is 8.32. The Morgan fingerprint density at radius 3 is 2.71 bits per heavy atom. The van der Waals surface area contributed by atoms with Crippen LogP contribution in [0.1, 0.15) is 64.7 Å². The third kappa shape index (κ3) is 4.61. The van der Waals surface area contributed by atoms with Gasteiger partial charge in [-0.15, -0.1) is 0 Å². The van der Waals surface area contributed by atoms with Crippen molar-refractivity contribution in [2.75, 3.05) is 13.1 Å². The fraction of sp³-hybridized carbons (Fsp3) is 0.875. The molecule has 0 aromatic rings. The number of carbonyl (C=O) groups is 2. The molecule has 2 amide bonds. The quantitative estimate of drug-likeness (QED) is 0.758. The number of urea groups is 1. The van der Waals surface area contributed by atoms with Crippen molar-refractivity contribution in [1.29, 1.82) is 0 Å². The van der Waals surface area contributed by atoms with E-state index in [4.69, 9.17) is 5.11 Å². The largest absolute Gasteiger partial charge is 0.481 e. The molecule has 0 spiro atoms. The zero-order valence-electron chi connectivity index (χ0n) is 13.1. The summed E-state index contributed by atoms with van der Waals surface area (Å²) in [5, 5.41) is 11.9. The van der Waals surface area contributed by atoms with Crippen molar-refractivity contribution in [1.82, 2.24) is 10.2 Å². The minimum atomic E-state index is -0.777. The predicted octanol–water partition coefficient (Wildman–Crippen LogP) is 3.00. The first kappa shape index (κ1) is 16.1. The number of amides is 2. The molecule has 1 aliphatic heterocycles. The Labute approximate surface area is 127 Å². The van der Waals surface area contributed by atoms with E-state index in [1.165, 1.54) is 25.7 Å². The molecule has 21 heavy (non-hydrogen) atoms. The first-order valence-corrected chi connectivity index (χ1v) is 8.32. The van der Waals surface area contributed by atoms with E-state index in [1.807, 2.05) is 4.90 Å². The van der Waals surface area contributed by atoms with Gasteiger partial charge in [-0.3, -0.25) is 4.79 Å². The summed E-state index contributed by atoms with van der Waals surface area (Å²) in [6.07, 6.45) is 8.58. The molecule has 0 bridgehead atoms. The number of hydrogen-bond donors (Lipinski definition) is 2. The van der Waals surface area contributed by atoms with Crippen molar-refractivity contribution in [3.8, 4) is 0 Å². The number of nitrogens with zero attached hydrogens (tertiary/aromatic N) is 1. The van der Waals surface area contributed by atoms with Gasteiger partial charge in [-0.05, 0) is 50.4 Å². The monoisotopic (exact) mass is 296 g/mol. The molecule has 0 radical (unpaired) electrons. The molecule has 1 heterocycles. The highest BCUT2D eigenvalue weighted by Crippen LogP contribution is 2.48. The van der Waals surface area contributed by atoms with E-state index >= 15 is 0 Å². The fourth-order valence-corrected chi connectivity index (χ4v) is 3.45. The lowest BCUT2D eigenvalue weighted by molar-refractivity contribution is -0.137. The summed E-state index contributed by atoms with van der Waals surface area (Å²) in [5.41, 5.74) is 0.358. The van der Waals surface area contributed by atoms with Crippen molar-refractivity contribution >= 4 is 12.0 Å². The van der Waals surface area contributed by atoms with E-state index in [9.17, 15) is 9.59 Å². The average Bonchev–Trinajstić information content (AvgIpc) is 3.23. The molecule has 5 heteroatoms. The number of piperidine rings is 1. The average molecular weight is 296 g/mol. The topological polar surface area (TPSA) is 69.6 Å². The van der Waals surface area contributed by atoms with Crippen LogP contribution in [0.3, 0.4) is 0 Å². The lowest BCUT2D eigenvalue weighted by atomic mass is 9.98. The summed E-state index contributed by atoms with van der Waals surface area (Å²) in [4.78, 5) is 25.0. The summed E-state index contributed by atoms with van der Waals surface area (Å²) < 4.78 is 0. The number of hydrogen-bond acceptors (Lipinski definition) is 2. The minimum Gasteiger partial charge on any atom is -0.481 e. The van der Waals surface area contributed by atoms with Crippen molar-refractivity contribution in [3.05, 3.63) is 0 Å². The van der Waals surface area contributed by atoms with E-state index in [1.54, 1.807) is 0 Å². The van der Waals surface area contributed by atoms with E-state index in [2.05, 4.69) is 12.2 Å². The van der Waals surface area contributed by atoms with E-state index in [-0.39, 0.29) is 18.5 Å². The van der Waals surface area contributed by atoms with E-state index in [0.717, 1.165) is 32.4 Å². The molecule has 120 valence electrons. The number of aliphatic carboxylic acids is 1. The van der Waals surface area contributed by atoms with Gasteiger partial charge in [0.2, 0.25) is 0 Å². The summed E-state index contributed by atoms with van der Waals surface area (Å²) in [7, 11) is 0. The molecule has 2 aliphatic rings. The highest BCUT2D eigenvalue weighted by Gasteiger charge is 2.42. The van der Waals surface area contributed by atoms with Crippen LogP contribution in [0.4, 0.5) is 4.79 Å². The Morgan fingerprint density at radius 1 is 1.33 bits per heavy atom. The molecule has 1 unspecified atom stereocenters. The Kier molecular flexibility index (Phi) is 5.48. The Bertz CT molecular complexity index is 380. The van der Waals surface area contributed by atoms with Gasteiger partial charge in [0.1, 0.15) is 0 Å². The number of carbonyl (C=O) groups excluding carboxylic acids is 1. The standard InChI is InChI=1S/C16H28N2O3/c1-2-8-16(9-10-16)12-17-15(21)18-11-4-3-5-13(18)6-7-14(19)20/h13H,2-12H2,1H3,(H,17,21)(H,19,20). The zero-order chi connectivity index (χ0) is 15.3. The lowest BCUT2D eigenvalue weighted by Crippen LogP contribution is -2.49. The molecule has 0 aromatic heterocycles. The predicted molar refractivity (Wildman–Crippen MR) is 81.2 cm³/mol. The van der Waals surface area contributed by atoms with Crippen LogP contribution < -0.4 is 5.32 Å². The molecule has 2 N–H and O–H groups in total. The molecular weight excluding hydrogens is 268 g/mol. The zero-order valence-corrected chi connectivity index (χ0v) is 13.1. The van der Waals surface area contributed by atoms with Crippen LogP contribution in [0.5, 0.6) is 0 Å². The van der Waals surface area contributed by atoms with Crippen molar-refractivity contribution in [2.24, 2.45) is 5.41 Å². The highest BCUT2D eigenvalue weighted by atomic mass is 16.4. The van der Waals surface area contributed by atoms with Gasteiger partial charge in [0.05, 0.1) is 0 Å². The third-order valence-corrected chi connectivity index (χ3v) is 4.93. The van der Waals surface area contributed by atoms with Crippen LogP contribution in [0.15, 0.2) is 0 Å². The van der Waals surface area contributed by atoms with Crippen LogP contribution in [-0.4, -0.2) is 41.1 Å². The normalized spacial score (nSPS) is 23.7. The maximum absolute atomic E-state index is 12.4. The molecule has 2 rings (SSSR count). The summed E-state index contributed by atoms with van der Waals surface area (Å²) >= 11 is 0. The van der Waals surface area contributed by atoms with Crippen molar-refractivity contribution < 1.29 is 14.7 Å². The van der Waals surface area contributed by atoms with Gasteiger partial charge in [0.25, 0.3) is 0 Å². The number of carboxylic acids is 1. The maximum Gasteiger partial charge on any atom is 0.317 e. The smallest absolute Gasteiger partial charge is 0.317 e.